The number of carbonyl (C=O) groups is 1. The van der Waals surface area contributed by atoms with E-state index in [0.29, 0.717) is 45.8 Å². The predicted octanol–water partition coefficient (Wildman–Crippen LogP) is 4.43. The number of aromatic nitrogens is 1. The number of nitrogens with one attached hydrogen (secondary N) is 1. The van der Waals surface area contributed by atoms with E-state index in [-0.39, 0.29) is 11.5 Å². The molecule has 128 valence electrons. The number of fused-ring (bicyclic) bond motifs is 3. The van der Waals surface area contributed by atoms with Gasteiger partial charge in [0.05, 0.1) is 5.52 Å². The molecule has 3 aromatic rings. The average Bonchev–Trinajstić information content (AvgIpc) is 2.86. The summed E-state index contributed by atoms with van der Waals surface area (Å²) in [5.41, 5.74) is 1.98. The molecule has 1 aromatic heterocycles. The molecule has 7 heteroatoms. The van der Waals surface area contributed by atoms with Crippen LogP contribution in [0, 0.1) is 24.4 Å². The van der Waals surface area contributed by atoms with Crippen LogP contribution in [0.25, 0.3) is 22.0 Å². The van der Waals surface area contributed by atoms with Gasteiger partial charge in [0, 0.05) is 34.6 Å². The first-order valence-electron chi connectivity index (χ1n) is 7.64. The fourth-order valence-corrected chi connectivity index (χ4v) is 3.66. The van der Waals surface area contributed by atoms with E-state index >= 15 is 0 Å². The monoisotopic (exact) mass is 364 g/mol. The van der Waals surface area contributed by atoms with Gasteiger partial charge in [-0.1, -0.05) is 11.6 Å². The topological polar surface area (TPSA) is 34.0 Å². The number of rotatable bonds is 1. The van der Waals surface area contributed by atoms with E-state index < -0.39 is 17.5 Å². The maximum absolute atomic E-state index is 14.4. The van der Waals surface area contributed by atoms with Gasteiger partial charge in [-0.25, -0.2) is 13.2 Å². The molecular formula is C18H12ClF3N2O. The van der Waals surface area contributed by atoms with Crippen molar-refractivity contribution >= 4 is 28.4 Å². The minimum absolute atomic E-state index is 0.0994. The van der Waals surface area contributed by atoms with Crippen molar-refractivity contribution in [3.8, 4) is 11.1 Å². The molecule has 0 saturated carbocycles. The molecule has 0 saturated heterocycles. The molecule has 1 aliphatic rings. The summed E-state index contributed by atoms with van der Waals surface area (Å²) in [5, 5.41) is 3.76. The lowest BCUT2D eigenvalue weighted by Crippen LogP contribution is -2.35. The number of halogens is 4. The van der Waals surface area contributed by atoms with Crippen LogP contribution in [-0.4, -0.2) is 17.0 Å². The molecule has 4 rings (SSSR count). The molecule has 1 aliphatic heterocycles. The smallest absolute Gasteiger partial charge is 0.268 e. The number of nitrogens with zero attached hydrogens (tertiary/aromatic N) is 1. The summed E-state index contributed by atoms with van der Waals surface area (Å²) in [6, 6.07) is 5.24. The normalized spacial score (nSPS) is 13.9. The number of aryl methyl sites for hydroxylation is 1. The Balaban J connectivity index is 2.14. The van der Waals surface area contributed by atoms with Crippen molar-refractivity contribution in [2.24, 2.45) is 0 Å². The minimum Gasteiger partial charge on any atom is -0.349 e. The van der Waals surface area contributed by atoms with E-state index in [1.54, 1.807) is 17.6 Å². The van der Waals surface area contributed by atoms with E-state index in [1.807, 2.05) is 0 Å². The van der Waals surface area contributed by atoms with Crippen molar-refractivity contribution in [2.45, 2.75) is 13.5 Å². The molecule has 1 N–H and O–H groups in total. The Labute approximate surface area is 146 Å². The van der Waals surface area contributed by atoms with Crippen molar-refractivity contribution in [3.63, 3.8) is 0 Å². The van der Waals surface area contributed by atoms with Crippen LogP contribution >= 0.6 is 11.6 Å². The highest BCUT2D eigenvalue weighted by molar-refractivity contribution is 6.32. The Bertz CT molecular complexity index is 1060. The maximum Gasteiger partial charge on any atom is 0.268 e. The van der Waals surface area contributed by atoms with Crippen LogP contribution < -0.4 is 5.32 Å². The van der Waals surface area contributed by atoms with E-state index in [4.69, 9.17) is 11.6 Å². The minimum atomic E-state index is -1.54. The van der Waals surface area contributed by atoms with Crippen LogP contribution in [0.5, 0.6) is 0 Å². The van der Waals surface area contributed by atoms with Gasteiger partial charge in [-0.2, -0.15) is 0 Å². The zero-order valence-electron chi connectivity index (χ0n) is 13.1. The highest BCUT2D eigenvalue weighted by Gasteiger charge is 2.27. The lowest BCUT2D eigenvalue weighted by atomic mass is 10.0. The summed E-state index contributed by atoms with van der Waals surface area (Å²) in [6.07, 6.45) is 0. The quantitative estimate of drug-likeness (QED) is 0.637. The number of hydrogen-bond acceptors (Lipinski definition) is 1. The highest BCUT2D eigenvalue weighted by Crippen LogP contribution is 2.38. The molecule has 0 radical (unpaired) electrons. The van der Waals surface area contributed by atoms with Crippen LogP contribution in [0.3, 0.4) is 0 Å². The second kappa shape index (κ2) is 5.52. The summed E-state index contributed by atoms with van der Waals surface area (Å²) in [4.78, 5) is 12.2. The molecule has 0 spiro atoms. The van der Waals surface area contributed by atoms with Crippen LogP contribution in [0.15, 0.2) is 24.3 Å². The summed E-state index contributed by atoms with van der Waals surface area (Å²) in [5.74, 6) is -4.30. The summed E-state index contributed by atoms with van der Waals surface area (Å²) >= 11 is 6.17. The second-order valence-corrected chi connectivity index (χ2v) is 6.39. The molecule has 0 atom stereocenters. The summed E-state index contributed by atoms with van der Waals surface area (Å²) in [7, 11) is 0. The lowest BCUT2D eigenvalue weighted by molar-refractivity contribution is 0.0928. The van der Waals surface area contributed by atoms with Crippen molar-refractivity contribution in [3.05, 3.63) is 58.0 Å². The fraction of sp³-hybridized carbons (Fsp3) is 0.167. The second-order valence-electron chi connectivity index (χ2n) is 5.95. The van der Waals surface area contributed by atoms with Crippen LogP contribution in [0.4, 0.5) is 13.2 Å². The standard InChI is InChI=1S/C18H12ClF3N2O/c1-8-11-6-9(19)7-12(10-2-3-13(20)15(22)14(10)21)17(11)24-5-4-23-18(25)16(8)24/h2-3,6-7H,4-5H2,1H3,(H,23,25). The first-order valence-corrected chi connectivity index (χ1v) is 8.02. The van der Waals surface area contributed by atoms with Gasteiger partial charge in [0.2, 0.25) is 0 Å². The van der Waals surface area contributed by atoms with Crippen molar-refractivity contribution in [2.75, 3.05) is 6.54 Å². The van der Waals surface area contributed by atoms with Crippen molar-refractivity contribution < 1.29 is 18.0 Å². The third-order valence-corrected chi connectivity index (χ3v) is 4.75. The Hall–Kier alpha value is -2.47. The lowest BCUT2D eigenvalue weighted by Gasteiger charge is -2.18. The molecule has 25 heavy (non-hydrogen) atoms. The molecule has 0 fully saturated rings. The van der Waals surface area contributed by atoms with E-state index in [9.17, 15) is 18.0 Å². The molecule has 2 aromatic carbocycles. The fourth-order valence-electron chi connectivity index (χ4n) is 3.44. The first kappa shape index (κ1) is 16.0. The van der Waals surface area contributed by atoms with Gasteiger partial charge in [0.25, 0.3) is 5.91 Å². The molecule has 0 unspecified atom stereocenters. The summed E-state index contributed by atoms with van der Waals surface area (Å²) in [6.45, 7) is 2.70. The Kier molecular flexibility index (Phi) is 3.54. The summed E-state index contributed by atoms with van der Waals surface area (Å²) < 4.78 is 43.2. The third-order valence-electron chi connectivity index (χ3n) is 4.54. The van der Waals surface area contributed by atoms with E-state index in [0.717, 1.165) is 6.07 Å². The molecule has 1 amide bonds. The van der Waals surface area contributed by atoms with Crippen molar-refractivity contribution in [1.82, 2.24) is 9.88 Å². The maximum atomic E-state index is 14.4. The molecule has 2 heterocycles. The van der Waals surface area contributed by atoms with Gasteiger partial charge in [-0.05, 0) is 36.8 Å². The van der Waals surface area contributed by atoms with Gasteiger partial charge in [0.1, 0.15) is 5.69 Å². The van der Waals surface area contributed by atoms with Gasteiger partial charge in [-0.15, -0.1) is 0 Å². The zero-order chi connectivity index (χ0) is 17.9. The predicted molar refractivity (Wildman–Crippen MR) is 89.3 cm³/mol. The van der Waals surface area contributed by atoms with E-state index in [1.165, 1.54) is 12.1 Å². The Morgan fingerprint density at radius 2 is 1.88 bits per heavy atom. The average molecular weight is 365 g/mol. The zero-order valence-corrected chi connectivity index (χ0v) is 13.8. The Morgan fingerprint density at radius 1 is 1.12 bits per heavy atom. The van der Waals surface area contributed by atoms with Gasteiger partial charge in [-0.3, -0.25) is 4.79 Å². The van der Waals surface area contributed by atoms with Gasteiger partial charge < -0.3 is 9.88 Å². The van der Waals surface area contributed by atoms with Crippen molar-refractivity contribution in [1.29, 1.82) is 0 Å². The number of carbonyl (C=O) groups excluding carboxylic acids is 1. The number of benzene rings is 2. The van der Waals surface area contributed by atoms with Gasteiger partial charge in [0.15, 0.2) is 17.5 Å². The SMILES string of the molecule is Cc1c2n(c3c(-c4ccc(F)c(F)c4F)cc(Cl)cc13)CCNC2=O. The Morgan fingerprint density at radius 3 is 2.64 bits per heavy atom. The number of amides is 1. The van der Waals surface area contributed by atoms with Crippen LogP contribution in [0.1, 0.15) is 16.1 Å². The number of hydrogen-bond donors (Lipinski definition) is 1. The molecular weight excluding hydrogens is 353 g/mol. The molecule has 0 bridgehead atoms. The van der Waals surface area contributed by atoms with Gasteiger partial charge >= 0.3 is 0 Å². The molecule has 3 nitrogen and oxygen atoms in total. The largest absolute Gasteiger partial charge is 0.349 e. The van der Waals surface area contributed by atoms with Crippen LogP contribution in [-0.2, 0) is 6.54 Å². The first-order chi connectivity index (χ1) is 11.9. The molecule has 0 aliphatic carbocycles. The van der Waals surface area contributed by atoms with E-state index in [2.05, 4.69) is 5.32 Å². The van der Waals surface area contributed by atoms with Crippen LogP contribution in [0.2, 0.25) is 5.02 Å². The third kappa shape index (κ3) is 2.24. The highest BCUT2D eigenvalue weighted by atomic mass is 35.5.